The lowest BCUT2D eigenvalue weighted by molar-refractivity contribution is -0.119. The summed E-state index contributed by atoms with van der Waals surface area (Å²) in [4.78, 5) is 23.6. The standard InChI is InChI=1S/C19H20N2O7S2/c1-12-10-16(21-18(22)13(2)11-29(21,24)25)8-9-17(12)30(26,27)20-15-6-4-14(5-7-15)19(23)28-3/h4-10,13,20H,11H2,1-3H3. The molecule has 0 radical (unpaired) electrons. The van der Waals surface area contributed by atoms with Crippen LogP contribution >= 0.6 is 0 Å². The quantitative estimate of drug-likeness (QED) is 0.686. The highest BCUT2D eigenvalue weighted by atomic mass is 32.2. The molecule has 0 saturated carbocycles. The highest BCUT2D eigenvalue weighted by Gasteiger charge is 2.42. The van der Waals surface area contributed by atoms with Gasteiger partial charge in [-0.3, -0.25) is 9.52 Å². The molecule has 0 bridgehead atoms. The highest BCUT2D eigenvalue weighted by Crippen LogP contribution is 2.31. The van der Waals surface area contributed by atoms with Gasteiger partial charge in [-0.15, -0.1) is 0 Å². The second kappa shape index (κ2) is 7.73. The first-order valence-electron chi connectivity index (χ1n) is 8.85. The van der Waals surface area contributed by atoms with E-state index < -0.39 is 37.8 Å². The van der Waals surface area contributed by atoms with E-state index in [4.69, 9.17) is 0 Å². The van der Waals surface area contributed by atoms with Crippen LogP contribution in [0.25, 0.3) is 0 Å². The largest absolute Gasteiger partial charge is 0.465 e. The lowest BCUT2D eigenvalue weighted by Gasteiger charge is -2.17. The minimum absolute atomic E-state index is 0.0691. The smallest absolute Gasteiger partial charge is 0.337 e. The van der Waals surface area contributed by atoms with Gasteiger partial charge in [-0.2, -0.15) is 0 Å². The first-order chi connectivity index (χ1) is 14.0. The Kier molecular flexibility index (Phi) is 5.61. The maximum absolute atomic E-state index is 12.8. The van der Waals surface area contributed by atoms with Gasteiger partial charge in [0.25, 0.3) is 10.0 Å². The number of anilines is 2. The van der Waals surface area contributed by atoms with Gasteiger partial charge in [0.2, 0.25) is 15.9 Å². The molecule has 2 aromatic carbocycles. The number of esters is 1. The minimum atomic E-state index is -4.00. The number of amides is 1. The summed E-state index contributed by atoms with van der Waals surface area (Å²) in [6.45, 7) is 3.04. The summed E-state index contributed by atoms with van der Waals surface area (Å²) < 4.78 is 57.8. The van der Waals surface area contributed by atoms with E-state index in [0.29, 0.717) is 0 Å². The summed E-state index contributed by atoms with van der Waals surface area (Å²) in [6.07, 6.45) is 0. The van der Waals surface area contributed by atoms with Crippen molar-refractivity contribution in [3.63, 3.8) is 0 Å². The van der Waals surface area contributed by atoms with E-state index in [-0.39, 0.29) is 33.2 Å². The lowest BCUT2D eigenvalue weighted by atomic mass is 10.2. The molecular weight excluding hydrogens is 432 g/mol. The van der Waals surface area contributed by atoms with Crippen LogP contribution in [0.4, 0.5) is 11.4 Å². The molecule has 3 rings (SSSR count). The third kappa shape index (κ3) is 4.03. The van der Waals surface area contributed by atoms with Crippen LogP contribution in [0.15, 0.2) is 47.4 Å². The number of nitrogens with one attached hydrogen (secondary N) is 1. The Morgan fingerprint density at radius 2 is 1.80 bits per heavy atom. The van der Waals surface area contributed by atoms with E-state index in [1.807, 2.05) is 0 Å². The zero-order valence-corrected chi connectivity index (χ0v) is 18.1. The molecule has 0 aliphatic carbocycles. The summed E-state index contributed by atoms with van der Waals surface area (Å²) in [6, 6.07) is 9.57. The van der Waals surface area contributed by atoms with Crippen molar-refractivity contribution >= 4 is 43.3 Å². The second-order valence-corrected chi connectivity index (χ2v) is 10.4. The Balaban J connectivity index is 1.89. The van der Waals surface area contributed by atoms with Gasteiger partial charge in [0, 0.05) is 5.69 Å². The molecule has 11 heteroatoms. The van der Waals surface area contributed by atoms with Gasteiger partial charge >= 0.3 is 5.97 Å². The number of carbonyl (C=O) groups excluding carboxylic acids is 2. The molecule has 1 aliphatic rings. The van der Waals surface area contributed by atoms with Crippen LogP contribution in [0.1, 0.15) is 22.8 Å². The molecule has 1 aliphatic heterocycles. The maximum Gasteiger partial charge on any atom is 0.337 e. The van der Waals surface area contributed by atoms with Crippen molar-refractivity contribution in [2.45, 2.75) is 18.7 Å². The van der Waals surface area contributed by atoms with Crippen LogP contribution in [0.3, 0.4) is 0 Å². The average Bonchev–Trinajstić information content (AvgIpc) is 2.87. The number of nitrogens with zero attached hydrogens (tertiary/aromatic N) is 1. The lowest BCUT2D eigenvalue weighted by Crippen LogP contribution is -2.30. The van der Waals surface area contributed by atoms with Gasteiger partial charge < -0.3 is 4.74 Å². The molecule has 1 fully saturated rings. The normalized spacial score (nSPS) is 18.3. The van der Waals surface area contributed by atoms with E-state index in [1.165, 1.54) is 63.4 Å². The Hall–Kier alpha value is -2.92. The third-order valence-corrected chi connectivity index (χ3v) is 8.01. The Labute approximate surface area is 174 Å². The van der Waals surface area contributed by atoms with Crippen molar-refractivity contribution in [2.75, 3.05) is 21.9 Å². The van der Waals surface area contributed by atoms with Crippen molar-refractivity contribution in [3.05, 3.63) is 53.6 Å². The zero-order chi connectivity index (χ0) is 22.3. The topological polar surface area (TPSA) is 127 Å². The van der Waals surface area contributed by atoms with E-state index in [1.54, 1.807) is 0 Å². The van der Waals surface area contributed by atoms with Crippen LogP contribution in [-0.2, 0) is 29.6 Å². The molecular formula is C19H20N2O7S2. The van der Waals surface area contributed by atoms with Gasteiger partial charge in [0.1, 0.15) is 0 Å². The van der Waals surface area contributed by atoms with Crippen LogP contribution < -0.4 is 9.03 Å². The van der Waals surface area contributed by atoms with Crippen molar-refractivity contribution in [2.24, 2.45) is 5.92 Å². The number of methoxy groups -OCH3 is 1. The molecule has 160 valence electrons. The SMILES string of the molecule is COC(=O)c1ccc(NS(=O)(=O)c2ccc(N3C(=O)C(C)CS3(=O)=O)cc2C)cc1. The number of sulfonamides is 2. The number of aryl methyl sites for hydroxylation is 1. The summed E-state index contributed by atoms with van der Waals surface area (Å²) in [5.41, 5.74) is 0.876. The van der Waals surface area contributed by atoms with Crippen LogP contribution in [0.5, 0.6) is 0 Å². The fourth-order valence-corrected chi connectivity index (χ4v) is 6.25. The van der Waals surface area contributed by atoms with Gasteiger partial charge in [0.05, 0.1) is 34.9 Å². The predicted molar refractivity (Wildman–Crippen MR) is 110 cm³/mol. The fourth-order valence-electron chi connectivity index (χ4n) is 3.15. The van der Waals surface area contributed by atoms with Crippen molar-refractivity contribution in [1.82, 2.24) is 0 Å². The van der Waals surface area contributed by atoms with Crippen LogP contribution in [0.2, 0.25) is 0 Å². The Bertz CT molecular complexity index is 1220. The zero-order valence-electron chi connectivity index (χ0n) is 16.4. The Morgan fingerprint density at radius 1 is 1.17 bits per heavy atom. The molecule has 1 N–H and O–H groups in total. The van der Waals surface area contributed by atoms with Crippen molar-refractivity contribution in [3.8, 4) is 0 Å². The van der Waals surface area contributed by atoms with Crippen molar-refractivity contribution in [1.29, 1.82) is 0 Å². The third-order valence-electron chi connectivity index (χ3n) is 4.60. The Morgan fingerprint density at radius 3 is 2.30 bits per heavy atom. The molecule has 0 spiro atoms. The fraction of sp³-hybridized carbons (Fsp3) is 0.263. The molecule has 9 nitrogen and oxygen atoms in total. The van der Waals surface area contributed by atoms with Gasteiger partial charge in [0.15, 0.2) is 0 Å². The molecule has 2 aromatic rings. The number of hydrogen-bond acceptors (Lipinski definition) is 7. The summed E-state index contributed by atoms with van der Waals surface area (Å²) >= 11 is 0. The predicted octanol–water partition coefficient (Wildman–Crippen LogP) is 1.89. The first-order valence-corrected chi connectivity index (χ1v) is 11.9. The number of ether oxygens (including phenoxy) is 1. The number of benzene rings is 2. The second-order valence-electron chi connectivity index (χ2n) is 6.91. The molecule has 1 unspecified atom stereocenters. The van der Waals surface area contributed by atoms with E-state index in [2.05, 4.69) is 9.46 Å². The monoisotopic (exact) mass is 452 g/mol. The van der Waals surface area contributed by atoms with E-state index in [0.717, 1.165) is 4.31 Å². The summed E-state index contributed by atoms with van der Waals surface area (Å²) in [5, 5.41) is 0. The molecule has 1 atom stereocenters. The summed E-state index contributed by atoms with van der Waals surface area (Å²) in [5.74, 6) is -2.03. The van der Waals surface area contributed by atoms with Gasteiger partial charge in [-0.25, -0.2) is 25.9 Å². The maximum atomic E-state index is 12.8. The molecule has 1 saturated heterocycles. The van der Waals surface area contributed by atoms with Crippen molar-refractivity contribution < 1.29 is 31.2 Å². The first kappa shape index (κ1) is 21.8. The molecule has 1 heterocycles. The van der Waals surface area contributed by atoms with E-state index >= 15 is 0 Å². The number of hydrogen-bond donors (Lipinski definition) is 1. The molecule has 0 aromatic heterocycles. The number of rotatable bonds is 5. The average molecular weight is 453 g/mol. The van der Waals surface area contributed by atoms with Crippen LogP contribution in [0, 0.1) is 12.8 Å². The van der Waals surface area contributed by atoms with Crippen LogP contribution in [-0.4, -0.2) is 41.6 Å². The highest BCUT2D eigenvalue weighted by molar-refractivity contribution is 7.94. The minimum Gasteiger partial charge on any atom is -0.465 e. The summed E-state index contributed by atoms with van der Waals surface area (Å²) in [7, 11) is -6.54. The molecule has 1 amide bonds. The van der Waals surface area contributed by atoms with Gasteiger partial charge in [-0.05, 0) is 55.0 Å². The molecule has 30 heavy (non-hydrogen) atoms. The van der Waals surface area contributed by atoms with E-state index in [9.17, 15) is 26.4 Å². The van der Waals surface area contributed by atoms with Gasteiger partial charge in [-0.1, -0.05) is 6.92 Å². The number of carbonyl (C=O) groups is 2.